The number of methoxy groups -OCH3 is 1. The first kappa shape index (κ1) is 15.0. The van der Waals surface area contributed by atoms with Gasteiger partial charge < -0.3 is 10.1 Å². The van der Waals surface area contributed by atoms with E-state index in [-0.39, 0.29) is 0 Å². The summed E-state index contributed by atoms with van der Waals surface area (Å²) in [5.74, 6) is 0.961. The number of ether oxygens (including phenoxy) is 1. The maximum atomic E-state index is 5.48. The van der Waals surface area contributed by atoms with Gasteiger partial charge in [-0.25, -0.2) is 0 Å². The predicted octanol–water partition coefficient (Wildman–Crippen LogP) is 3.74. The van der Waals surface area contributed by atoms with Crippen molar-refractivity contribution < 1.29 is 4.74 Å². The zero-order valence-corrected chi connectivity index (χ0v) is 13.2. The first-order valence-electron chi connectivity index (χ1n) is 7.00. The molecule has 4 heteroatoms. The monoisotopic (exact) mass is 290 g/mol. The maximum Gasteiger partial charge on any atom is 0.122 e. The van der Waals surface area contributed by atoms with Crippen molar-refractivity contribution in [1.82, 2.24) is 10.3 Å². The highest BCUT2D eigenvalue weighted by molar-refractivity contribution is 7.09. The maximum absolute atomic E-state index is 5.48. The summed E-state index contributed by atoms with van der Waals surface area (Å²) in [5, 5.41) is 3.61. The van der Waals surface area contributed by atoms with Crippen molar-refractivity contribution in [2.45, 2.75) is 32.7 Å². The number of aryl methyl sites for hydroxylation is 1. The lowest BCUT2D eigenvalue weighted by atomic mass is 10.0. The topological polar surface area (TPSA) is 34.1 Å². The van der Waals surface area contributed by atoms with E-state index in [0.717, 1.165) is 25.1 Å². The van der Waals surface area contributed by atoms with Gasteiger partial charge in [0.25, 0.3) is 0 Å². The molecule has 1 heterocycles. The van der Waals surface area contributed by atoms with Crippen LogP contribution in [0.4, 0.5) is 0 Å². The molecule has 0 aliphatic carbocycles. The highest BCUT2D eigenvalue weighted by atomic mass is 32.1. The van der Waals surface area contributed by atoms with Crippen LogP contribution in [0.2, 0.25) is 0 Å². The number of aromatic nitrogens is 1. The van der Waals surface area contributed by atoms with Crippen molar-refractivity contribution in [3.05, 3.63) is 45.9 Å². The van der Waals surface area contributed by atoms with Crippen molar-refractivity contribution >= 4 is 11.3 Å². The van der Waals surface area contributed by atoms with Crippen molar-refractivity contribution in [2.24, 2.45) is 0 Å². The minimum atomic E-state index is 0.304. The van der Waals surface area contributed by atoms with Crippen LogP contribution < -0.4 is 10.1 Å². The van der Waals surface area contributed by atoms with Crippen LogP contribution in [-0.4, -0.2) is 18.6 Å². The normalized spacial score (nSPS) is 12.3. The van der Waals surface area contributed by atoms with E-state index in [1.807, 2.05) is 17.8 Å². The zero-order chi connectivity index (χ0) is 14.4. The summed E-state index contributed by atoms with van der Waals surface area (Å²) in [6.07, 6.45) is 4.01. The zero-order valence-electron chi connectivity index (χ0n) is 12.3. The average molecular weight is 290 g/mol. The fourth-order valence-corrected chi connectivity index (χ4v) is 2.97. The SMILES string of the molecule is CCCNC(Cc1cc(C)ccc1OC)c1cncs1. The van der Waals surface area contributed by atoms with Crippen molar-refractivity contribution in [3.8, 4) is 5.75 Å². The molecule has 108 valence electrons. The molecule has 0 fully saturated rings. The Morgan fingerprint density at radius 3 is 2.90 bits per heavy atom. The van der Waals surface area contributed by atoms with Gasteiger partial charge in [0.2, 0.25) is 0 Å². The molecule has 20 heavy (non-hydrogen) atoms. The number of benzene rings is 1. The third-order valence-corrected chi connectivity index (χ3v) is 4.18. The van der Waals surface area contributed by atoms with Crippen LogP contribution >= 0.6 is 11.3 Å². The molecule has 0 spiro atoms. The summed E-state index contributed by atoms with van der Waals surface area (Å²) < 4.78 is 5.48. The van der Waals surface area contributed by atoms with Crippen molar-refractivity contribution in [1.29, 1.82) is 0 Å². The van der Waals surface area contributed by atoms with E-state index in [0.29, 0.717) is 6.04 Å². The Morgan fingerprint density at radius 2 is 2.25 bits per heavy atom. The van der Waals surface area contributed by atoms with Crippen LogP contribution in [0.3, 0.4) is 0 Å². The molecule has 0 radical (unpaired) electrons. The van der Waals surface area contributed by atoms with Gasteiger partial charge in [0.15, 0.2) is 0 Å². The molecule has 3 nitrogen and oxygen atoms in total. The Bertz CT molecular complexity index is 525. The standard InChI is InChI=1S/C16H22N2OS/c1-4-7-18-14(16-10-17-11-20-16)9-13-8-12(2)5-6-15(13)19-3/h5-6,8,10-11,14,18H,4,7,9H2,1-3H3. The molecule has 0 amide bonds. The van der Waals surface area contributed by atoms with Gasteiger partial charge >= 0.3 is 0 Å². The van der Waals surface area contributed by atoms with Crippen LogP contribution in [0, 0.1) is 6.92 Å². The quantitative estimate of drug-likeness (QED) is 0.843. The highest BCUT2D eigenvalue weighted by Crippen LogP contribution is 2.27. The van der Waals surface area contributed by atoms with Gasteiger partial charge in [0.1, 0.15) is 5.75 Å². The summed E-state index contributed by atoms with van der Waals surface area (Å²) in [4.78, 5) is 5.48. The Kier molecular flexibility index (Phi) is 5.56. The second-order valence-corrected chi connectivity index (χ2v) is 5.85. The van der Waals surface area contributed by atoms with Gasteiger partial charge in [-0.05, 0) is 37.9 Å². The van der Waals surface area contributed by atoms with Crippen molar-refractivity contribution in [3.63, 3.8) is 0 Å². The second kappa shape index (κ2) is 7.41. The third kappa shape index (κ3) is 3.81. The number of nitrogens with zero attached hydrogens (tertiary/aromatic N) is 1. The summed E-state index contributed by atoms with van der Waals surface area (Å²) in [6, 6.07) is 6.65. The molecule has 1 aromatic heterocycles. The van der Waals surface area contributed by atoms with Crippen LogP contribution in [0.1, 0.15) is 35.4 Å². The summed E-state index contributed by atoms with van der Waals surface area (Å²) in [6.45, 7) is 5.31. The van der Waals surface area contributed by atoms with E-state index < -0.39 is 0 Å². The molecule has 1 atom stereocenters. The smallest absolute Gasteiger partial charge is 0.122 e. The highest BCUT2D eigenvalue weighted by Gasteiger charge is 2.15. The Balaban J connectivity index is 2.21. The molecular weight excluding hydrogens is 268 g/mol. The van der Waals surface area contributed by atoms with E-state index in [2.05, 4.69) is 36.3 Å². The summed E-state index contributed by atoms with van der Waals surface area (Å²) in [5.41, 5.74) is 4.40. The molecular formula is C16H22N2OS. The predicted molar refractivity (Wildman–Crippen MR) is 84.6 cm³/mol. The molecule has 1 N–H and O–H groups in total. The first-order valence-corrected chi connectivity index (χ1v) is 7.87. The van der Waals surface area contributed by atoms with Gasteiger partial charge in [-0.3, -0.25) is 4.98 Å². The number of hydrogen-bond acceptors (Lipinski definition) is 4. The fourth-order valence-electron chi connectivity index (χ4n) is 2.28. The lowest BCUT2D eigenvalue weighted by Crippen LogP contribution is -2.23. The van der Waals surface area contributed by atoms with Crippen LogP contribution in [0.15, 0.2) is 29.9 Å². The van der Waals surface area contributed by atoms with E-state index in [4.69, 9.17) is 4.74 Å². The Labute approximate surface area is 125 Å². The van der Waals surface area contributed by atoms with Crippen LogP contribution in [-0.2, 0) is 6.42 Å². The van der Waals surface area contributed by atoms with Gasteiger partial charge in [-0.2, -0.15) is 0 Å². The molecule has 2 rings (SSSR count). The van der Waals surface area contributed by atoms with E-state index in [1.165, 1.54) is 16.0 Å². The number of rotatable bonds is 7. The average Bonchev–Trinajstić information content (AvgIpc) is 2.97. The lowest BCUT2D eigenvalue weighted by Gasteiger charge is -2.18. The minimum Gasteiger partial charge on any atom is -0.496 e. The van der Waals surface area contributed by atoms with Gasteiger partial charge in [0.05, 0.1) is 12.6 Å². The third-order valence-electron chi connectivity index (χ3n) is 3.30. The molecule has 1 unspecified atom stereocenters. The van der Waals surface area contributed by atoms with Gasteiger partial charge in [-0.1, -0.05) is 24.6 Å². The Morgan fingerprint density at radius 1 is 1.40 bits per heavy atom. The largest absolute Gasteiger partial charge is 0.496 e. The fraction of sp³-hybridized carbons (Fsp3) is 0.438. The molecule has 0 bridgehead atoms. The van der Waals surface area contributed by atoms with Crippen LogP contribution in [0.25, 0.3) is 0 Å². The van der Waals surface area contributed by atoms with E-state index >= 15 is 0 Å². The molecule has 0 aliphatic heterocycles. The van der Waals surface area contributed by atoms with E-state index in [1.54, 1.807) is 18.4 Å². The lowest BCUT2D eigenvalue weighted by molar-refractivity contribution is 0.405. The van der Waals surface area contributed by atoms with Crippen molar-refractivity contribution in [2.75, 3.05) is 13.7 Å². The molecule has 2 aromatic rings. The Hall–Kier alpha value is -1.39. The van der Waals surface area contributed by atoms with Crippen LogP contribution in [0.5, 0.6) is 5.75 Å². The van der Waals surface area contributed by atoms with E-state index in [9.17, 15) is 0 Å². The van der Waals surface area contributed by atoms with Gasteiger partial charge in [-0.15, -0.1) is 11.3 Å². The molecule has 0 saturated carbocycles. The number of nitrogens with one attached hydrogen (secondary N) is 1. The number of thiazole rings is 1. The minimum absolute atomic E-state index is 0.304. The second-order valence-electron chi connectivity index (χ2n) is 4.93. The summed E-state index contributed by atoms with van der Waals surface area (Å²) >= 11 is 1.70. The molecule has 0 aliphatic rings. The number of hydrogen-bond donors (Lipinski definition) is 1. The first-order chi connectivity index (χ1) is 9.74. The summed E-state index contributed by atoms with van der Waals surface area (Å²) in [7, 11) is 1.73. The molecule has 0 saturated heterocycles. The van der Waals surface area contributed by atoms with Gasteiger partial charge in [0, 0.05) is 17.1 Å². The molecule has 1 aromatic carbocycles.